The summed E-state index contributed by atoms with van der Waals surface area (Å²) in [5.41, 5.74) is 2.54. The first-order chi connectivity index (χ1) is 14.7. The molecule has 1 amide bonds. The minimum absolute atomic E-state index is 0.0182. The predicted octanol–water partition coefficient (Wildman–Crippen LogP) is 4.17. The van der Waals surface area contributed by atoms with Gasteiger partial charge < -0.3 is 25.2 Å². The van der Waals surface area contributed by atoms with Crippen LogP contribution < -0.4 is 20.1 Å². The summed E-state index contributed by atoms with van der Waals surface area (Å²) >= 11 is 0. The zero-order valence-electron chi connectivity index (χ0n) is 17.9. The quantitative estimate of drug-likeness (QED) is 0.684. The van der Waals surface area contributed by atoms with Crippen LogP contribution in [0.3, 0.4) is 0 Å². The lowest BCUT2D eigenvalue weighted by molar-refractivity contribution is -0.118. The molecule has 0 spiro atoms. The molecule has 0 bridgehead atoms. The van der Waals surface area contributed by atoms with Crippen LogP contribution in [0.25, 0.3) is 0 Å². The van der Waals surface area contributed by atoms with Crippen LogP contribution in [-0.4, -0.2) is 29.8 Å². The summed E-state index contributed by atoms with van der Waals surface area (Å²) in [7, 11) is 0. The molecule has 1 aliphatic carbocycles. The maximum Gasteiger partial charge on any atom is 0.337 e. The van der Waals surface area contributed by atoms with Crippen molar-refractivity contribution in [3.05, 3.63) is 47.0 Å². The summed E-state index contributed by atoms with van der Waals surface area (Å²) in [6.07, 6.45) is 2.20. The van der Waals surface area contributed by atoms with Gasteiger partial charge >= 0.3 is 5.97 Å². The van der Waals surface area contributed by atoms with E-state index in [1.54, 1.807) is 6.07 Å². The molecule has 1 atom stereocenters. The Hall–Kier alpha value is -3.22. The maximum absolute atomic E-state index is 13.3. The Balaban J connectivity index is 1.42. The molecule has 5 rings (SSSR count). The number of rotatable bonds is 4. The fourth-order valence-electron chi connectivity index (χ4n) is 4.46. The van der Waals surface area contributed by atoms with Crippen LogP contribution in [-0.2, 0) is 16.6 Å². The molecule has 7 heteroatoms. The molecule has 31 heavy (non-hydrogen) atoms. The number of carbonyl (C=O) groups excluding carboxylic acids is 1. The number of benzene rings is 2. The number of nitrogens with one attached hydrogen (secondary N) is 2. The van der Waals surface area contributed by atoms with Crippen molar-refractivity contribution in [2.45, 2.75) is 51.5 Å². The summed E-state index contributed by atoms with van der Waals surface area (Å²) in [6.45, 7) is 6.57. The first kappa shape index (κ1) is 19.7. The molecule has 0 aromatic heterocycles. The minimum Gasteiger partial charge on any atom is -0.478 e. The van der Waals surface area contributed by atoms with Crippen LogP contribution in [0, 0.1) is 5.41 Å². The molecule has 0 radical (unpaired) electrons. The van der Waals surface area contributed by atoms with E-state index in [-0.39, 0.29) is 29.7 Å². The van der Waals surface area contributed by atoms with E-state index in [0.29, 0.717) is 22.9 Å². The number of carboxylic acid groups (broad SMARTS) is 1. The average molecular weight is 422 g/mol. The number of aromatic carboxylic acids is 1. The van der Waals surface area contributed by atoms with Crippen LogP contribution in [0.15, 0.2) is 30.3 Å². The number of anilines is 2. The number of carboxylic acids is 1. The van der Waals surface area contributed by atoms with E-state index in [9.17, 15) is 14.7 Å². The van der Waals surface area contributed by atoms with Gasteiger partial charge in [0.15, 0.2) is 11.5 Å². The maximum atomic E-state index is 13.3. The van der Waals surface area contributed by atoms with Gasteiger partial charge in [-0.15, -0.1) is 0 Å². The Labute approximate surface area is 180 Å². The molecular formula is C24H26N2O5. The molecule has 0 saturated heterocycles. The molecule has 3 N–H and O–H groups in total. The summed E-state index contributed by atoms with van der Waals surface area (Å²) in [5.74, 6) is 0.208. The Bertz CT molecular complexity index is 1100. The number of ether oxygens (including phenoxy) is 2. The van der Waals surface area contributed by atoms with Crippen molar-refractivity contribution in [1.29, 1.82) is 0 Å². The first-order valence-corrected chi connectivity index (χ1v) is 10.6. The van der Waals surface area contributed by atoms with Gasteiger partial charge in [0.2, 0.25) is 12.7 Å². The van der Waals surface area contributed by atoms with E-state index in [1.807, 2.05) is 24.3 Å². The Kier molecular flexibility index (Phi) is 4.22. The van der Waals surface area contributed by atoms with Crippen molar-refractivity contribution in [2.75, 3.05) is 17.4 Å². The molecule has 1 unspecified atom stereocenters. The normalized spacial score (nSPS) is 20.0. The average Bonchev–Trinajstić information content (AvgIpc) is 3.17. The molecule has 3 aliphatic rings. The van der Waals surface area contributed by atoms with Gasteiger partial charge in [0.1, 0.15) is 0 Å². The van der Waals surface area contributed by atoms with Gasteiger partial charge in [-0.1, -0.05) is 26.8 Å². The third-order valence-corrected chi connectivity index (χ3v) is 6.61. The standard InChI is InChI=1S/C24H26N2O5/c1-23(2,3)19-9-13-8-15(11-16(21(27)28)20(13)26-19)25-22(29)24(6-7-24)14-4-5-17-18(10-14)31-12-30-17/h4-5,8,10-11,19,26H,6-7,9,12H2,1-3H3,(H,25,29)(H,27,28). The molecule has 2 aromatic rings. The van der Waals surface area contributed by atoms with Gasteiger partial charge in [0.05, 0.1) is 16.7 Å². The van der Waals surface area contributed by atoms with Crippen molar-refractivity contribution in [1.82, 2.24) is 0 Å². The fraction of sp³-hybridized carbons (Fsp3) is 0.417. The van der Waals surface area contributed by atoms with E-state index in [4.69, 9.17) is 9.47 Å². The first-order valence-electron chi connectivity index (χ1n) is 10.6. The molecule has 7 nitrogen and oxygen atoms in total. The van der Waals surface area contributed by atoms with E-state index in [0.717, 1.165) is 30.4 Å². The lowest BCUT2D eigenvalue weighted by Crippen LogP contribution is -2.31. The van der Waals surface area contributed by atoms with Crippen LogP contribution in [0.2, 0.25) is 0 Å². The predicted molar refractivity (Wildman–Crippen MR) is 116 cm³/mol. The number of fused-ring (bicyclic) bond motifs is 2. The van der Waals surface area contributed by atoms with Crippen molar-refractivity contribution >= 4 is 23.3 Å². The fourth-order valence-corrected chi connectivity index (χ4v) is 4.46. The second kappa shape index (κ2) is 6.64. The molecule has 1 fully saturated rings. The lowest BCUT2D eigenvalue weighted by atomic mass is 9.85. The van der Waals surface area contributed by atoms with Crippen molar-refractivity contribution < 1.29 is 24.2 Å². The summed E-state index contributed by atoms with van der Waals surface area (Å²) in [5, 5.41) is 16.1. The van der Waals surface area contributed by atoms with E-state index < -0.39 is 11.4 Å². The van der Waals surface area contributed by atoms with Crippen LogP contribution in [0.4, 0.5) is 11.4 Å². The second-order valence-corrected chi connectivity index (χ2v) is 9.73. The van der Waals surface area contributed by atoms with Gasteiger partial charge in [-0.25, -0.2) is 4.79 Å². The highest BCUT2D eigenvalue weighted by atomic mass is 16.7. The van der Waals surface area contributed by atoms with Gasteiger partial charge in [0.25, 0.3) is 0 Å². The largest absolute Gasteiger partial charge is 0.478 e. The van der Waals surface area contributed by atoms with E-state index in [1.165, 1.54) is 0 Å². The summed E-state index contributed by atoms with van der Waals surface area (Å²) in [4.78, 5) is 25.2. The molecule has 2 heterocycles. The second-order valence-electron chi connectivity index (χ2n) is 9.73. The van der Waals surface area contributed by atoms with E-state index in [2.05, 4.69) is 31.4 Å². The van der Waals surface area contributed by atoms with Crippen molar-refractivity contribution in [2.24, 2.45) is 5.41 Å². The number of carbonyl (C=O) groups is 2. The van der Waals surface area contributed by atoms with Crippen molar-refractivity contribution in [3.8, 4) is 11.5 Å². The number of hydrogen-bond acceptors (Lipinski definition) is 5. The Morgan fingerprint density at radius 1 is 1.13 bits per heavy atom. The smallest absolute Gasteiger partial charge is 0.337 e. The van der Waals surface area contributed by atoms with E-state index >= 15 is 0 Å². The highest BCUT2D eigenvalue weighted by Gasteiger charge is 2.51. The molecule has 162 valence electrons. The SMILES string of the molecule is CC(C)(C)C1Cc2cc(NC(=O)C3(c4ccc5c(c4)OCO5)CC3)cc(C(=O)O)c2N1. The van der Waals surface area contributed by atoms with Crippen LogP contribution >= 0.6 is 0 Å². The van der Waals surface area contributed by atoms with Crippen molar-refractivity contribution in [3.63, 3.8) is 0 Å². The van der Waals surface area contributed by atoms with Crippen LogP contribution in [0.5, 0.6) is 11.5 Å². The molecule has 2 aliphatic heterocycles. The third kappa shape index (κ3) is 3.28. The lowest BCUT2D eigenvalue weighted by Gasteiger charge is -2.27. The summed E-state index contributed by atoms with van der Waals surface area (Å²) in [6, 6.07) is 9.19. The minimum atomic E-state index is -1.01. The van der Waals surface area contributed by atoms with Crippen LogP contribution in [0.1, 0.15) is 55.1 Å². The highest BCUT2D eigenvalue weighted by Crippen LogP contribution is 2.51. The summed E-state index contributed by atoms with van der Waals surface area (Å²) < 4.78 is 10.8. The Morgan fingerprint density at radius 3 is 2.55 bits per heavy atom. The van der Waals surface area contributed by atoms with Gasteiger partial charge in [0, 0.05) is 11.7 Å². The third-order valence-electron chi connectivity index (χ3n) is 6.61. The van der Waals surface area contributed by atoms with Gasteiger partial charge in [-0.3, -0.25) is 4.79 Å². The molecule has 1 saturated carbocycles. The zero-order chi connectivity index (χ0) is 22.0. The molecule has 2 aromatic carbocycles. The monoisotopic (exact) mass is 422 g/mol. The van der Waals surface area contributed by atoms with Gasteiger partial charge in [-0.2, -0.15) is 0 Å². The topological polar surface area (TPSA) is 96.9 Å². The zero-order valence-corrected chi connectivity index (χ0v) is 17.9. The highest BCUT2D eigenvalue weighted by molar-refractivity contribution is 6.04. The number of amides is 1. The Morgan fingerprint density at radius 2 is 1.87 bits per heavy atom. The van der Waals surface area contributed by atoms with Gasteiger partial charge in [-0.05, 0) is 60.1 Å². The molecular weight excluding hydrogens is 396 g/mol. The number of hydrogen-bond donors (Lipinski definition) is 3.